The Labute approximate surface area is 158 Å². The van der Waals surface area contributed by atoms with Gasteiger partial charge in [-0.15, -0.1) is 0 Å². The van der Waals surface area contributed by atoms with Crippen LogP contribution in [0.2, 0.25) is 0 Å². The average Bonchev–Trinajstić information content (AvgIpc) is 3.06. The molecular formula is C21H24N4O2. The Morgan fingerprint density at radius 1 is 1.26 bits per heavy atom. The van der Waals surface area contributed by atoms with Crippen LogP contribution in [-0.4, -0.2) is 33.0 Å². The summed E-state index contributed by atoms with van der Waals surface area (Å²) in [5.74, 6) is 1.59. The molecule has 4 rings (SSSR count). The Bertz CT molecular complexity index is 991. The molecule has 2 aromatic heterocycles. The second kappa shape index (κ2) is 7.10. The molecule has 0 aliphatic heterocycles. The van der Waals surface area contributed by atoms with Gasteiger partial charge >= 0.3 is 0 Å². The summed E-state index contributed by atoms with van der Waals surface area (Å²) in [7, 11) is 1.77. The van der Waals surface area contributed by atoms with Crippen molar-refractivity contribution in [1.29, 1.82) is 0 Å². The molecule has 0 unspecified atom stereocenters. The van der Waals surface area contributed by atoms with E-state index < -0.39 is 0 Å². The van der Waals surface area contributed by atoms with Crippen LogP contribution in [0.5, 0.6) is 0 Å². The van der Waals surface area contributed by atoms with Gasteiger partial charge in [-0.05, 0) is 49.9 Å². The molecule has 0 spiro atoms. The number of rotatable bonds is 5. The Morgan fingerprint density at radius 2 is 2.07 bits per heavy atom. The highest BCUT2D eigenvalue weighted by atomic mass is 16.5. The van der Waals surface area contributed by atoms with Crippen LogP contribution in [0.3, 0.4) is 0 Å². The molecule has 1 amide bonds. The van der Waals surface area contributed by atoms with Gasteiger partial charge in [0.25, 0.3) is 5.91 Å². The lowest BCUT2D eigenvalue weighted by atomic mass is 9.85. The Hall–Kier alpha value is -2.76. The molecule has 6 heteroatoms. The molecule has 0 N–H and O–H groups in total. The molecule has 1 saturated carbocycles. The molecular weight excluding hydrogens is 340 g/mol. The fraction of sp³-hybridized carbons (Fsp3) is 0.429. The Kier molecular flexibility index (Phi) is 4.64. The Morgan fingerprint density at radius 3 is 2.78 bits per heavy atom. The molecule has 1 aliphatic rings. The zero-order valence-electron chi connectivity index (χ0n) is 16.0. The quantitative estimate of drug-likeness (QED) is 0.683. The van der Waals surface area contributed by atoms with Crippen LogP contribution in [0.25, 0.3) is 10.9 Å². The second-order valence-corrected chi connectivity index (χ2v) is 7.35. The molecule has 0 bridgehead atoms. The predicted octanol–water partition coefficient (Wildman–Crippen LogP) is 4.03. The number of amides is 1. The first-order valence-electron chi connectivity index (χ1n) is 9.53. The van der Waals surface area contributed by atoms with Crippen LogP contribution in [0.1, 0.15) is 65.4 Å². The zero-order chi connectivity index (χ0) is 19.0. The van der Waals surface area contributed by atoms with E-state index in [4.69, 9.17) is 4.52 Å². The van der Waals surface area contributed by atoms with Crippen molar-refractivity contribution in [3.05, 3.63) is 52.8 Å². The van der Waals surface area contributed by atoms with E-state index in [0.717, 1.165) is 35.9 Å². The number of nitrogens with zero attached hydrogens (tertiary/aromatic N) is 4. The van der Waals surface area contributed by atoms with Gasteiger partial charge in [-0.25, -0.2) is 0 Å². The highest BCUT2D eigenvalue weighted by Crippen LogP contribution is 2.35. The molecule has 1 fully saturated rings. The van der Waals surface area contributed by atoms with Crippen LogP contribution in [0, 0.1) is 6.92 Å². The summed E-state index contributed by atoms with van der Waals surface area (Å²) < 4.78 is 5.37. The Balaban J connectivity index is 1.60. The molecule has 3 aromatic rings. The zero-order valence-corrected chi connectivity index (χ0v) is 16.0. The SMILES string of the molecule is CCc1ccc2nc(C)cc(C(=O)N(C)Cc3noc(C4CCC4)n3)c2c1. The number of pyridine rings is 1. The van der Waals surface area contributed by atoms with E-state index >= 15 is 0 Å². The number of fused-ring (bicyclic) bond motifs is 1. The maximum Gasteiger partial charge on any atom is 0.254 e. The lowest BCUT2D eigenvalue weighted by molar-refractivity contribution is 0.0782. The summed E-state index contributed by atoms with van der Waals surface area (Å²) in [6.45, 7) is 4.34. The van der Waals surface area contributed by atoms with Gasteiger partial charge < -0.3 is 9.42 Å². The van der Waals surface area contributed by atoms with E-state index in [9.17, 15) is 4.79 Å². The normalized spacial score (nSPS) is 14.3. The van der Waals surface area contributed by atoms with Crippen molar-refractivity contribution in [3.63, 3.8) is 0 Å². The lowest BCUT2D eigenvalue weighted by Crippen LogP contribution is -2.27. The van der Waals surface area contributed by atoms with E-state index in [2.05, 4.69) is 34.2 Å². The maximum atomic E-state index is 13.1. The fourth-order valence-electron chi connectivity index (χ4n) is 3.44. The summed E-state index contributed by atoms with van der Waals surface area (Å²) in [5.41, 5.74) is 3.53. The van der Waals surface area contributed by atoms with Crippen LogP contribution >= 0.6 is 0 Å². The van der Waals surface area contributed by atoms with Gasteiger partial charge in [-0.1, -0.05) is 24.6 Å². The van der Waals surface area contributed by atoms with Gasteiger partial charge in [0.1, 0.15) is 0 Å². The number of hydrogen-bond donors (Lipinski definition) is 0. The lowest BCUT2D eigenvalue weighted by Gasteiger charge is -2.20. The summed E-state index contributed by atoms with van der Waals surface area (Å²) in [6.07, 6.45) is 4.35. The van der Waals surface area contributed by atoms with Gasteiger partial charge in [-0.3, -0.25) is 9.78 Å². The van der Waals surface area contributed by atoms with Crippen molar-refractivity contribution in [1.82, 2.24) is 20.0 Å². The van der Waals surface area contributed by atoms with E-state index in [0.29, 0.717) is 29.7 Å². The number of carbonyl (C=O) groups excluding carboxylic acids is 1. The molecule has 0 atom stereocenters. The van der Waals surface area contributed by atoms with Gasteiger partial charge in [0, 0.05) is 24.0 Å². The molecule has 0 saturated heterocycles. The highest BCUT2D eigenvalue weighted by Gasteiger charge is 2.26. The van der Waals surface area contributed by atoms with Crippen LogP contribution in [0.15, 0.2) is 28.8 Å². The third kappa shape index (κ3) is 3.44. The van der Waals surface area contributed by atoms with E-state index in [1.165, 1.54) is 12.0 Å². The first-order valence-corrected chi connectivity index (χ1v) is 9.53. The summed E-state index contributed by atoms with van der Waals surface area (Å²) >= 11 is 0. The van der Waals surface area contributed by atoms with E-state index in [-0.39, 0.29) is 5.91 Å². The van der Waals surface area contributed by atoms with Crippen LogP contribution in [0.4, 0.5) is 0 Å². The van der Waals surface area contributed by atoms with Gasteiger partial charge in [-0.2, -0.15) is 4.98 Å². The number of benzene rings is 1. The van der Waals surface area contributed by atoms with E-state index in [1.807, 2.05) is 19.1 Å². The van der Waals surface area contributed by atoms with Crippen molar-refractivity contribution in [2.45, 2.75) is 52.0 Å². The number of carbonyl (C=O) groups is 1. The van der Waals surface area contributed by atoms with Crippen LogP contribution < -0.4 is 0 Å². The molecule has 1 aromatic carbocycles. The van der Waals surface area contributed by atoms with Crippen molar-refractivity contribution in [2.24, 2.45) is 0 Å². The molecule has 1 aliphatic carbocycles. The minimum absolute atomic E-state index is 0.0613. The number of aryl methyl sites for hydroxylation is 2. The van der Waals surface area contributed by atoms with Crippen molar-refractivity contribution in [3.8, 4) is 0 Å². The minimum atomic E-state index is -0.0613. The van der Waals surface area contributed by atoms with Gasteiger partial charge in [0.2, 0.25) is 5.89 Å². The summed E-state index contributed by atoms with van der Waals surface area (Å²) in [4.78, 5) is 23.8. The molecule has 6 nitrogen and oxygen atoms in total. The van der Waals surface area contributed by atoms with Crippen LogP contribution in [-0.2, 0) is 13.0 Å². The average molecular weight is 364 g/mol. The minimum Gasteiger partial charge on any atom is -0.339 e. The highest BCUT2D eigenvalue weighted by molar-refractivity contribution is 6.06. The second-order valence-electron chi connectivity index (χ2n) is 7.35. The molecule has 2 heterocycles. The largest absolute Gasteiger partial charge is 0.339 e. The molecule has 0 radical (unpaired) electrons. The fourth-order valence-corrected chi connectivity index (χ4v) is 3.44. The summed E-state index contributed by atoms with van der Waals surface area (Å²) in [6, 6.07) is 7.97. The molecule has 27 heavy (non-hydrogen) atoms. The van der Waals surface area contributed by atoms with Gasteiger partial charge in [0.15, 0.2) is 5.82 Å². The van der Waals surface area contributed by atoms with Gasteiger partial charge in [0.05, 0.1) is 17.6 Å². The third-order valence-electron chi connectivity index (χ3n) is 5.30. The maximum absolute atomic E-state index is 13.1. The predicted molar refractivity (Wildman–Crippen MR) is 103 cm³/mol. The monoisotopic (exact) mass is 364 g/mol. The first-order chi connectivity index (χ1) is 13.0. The molecule has 140 valence electrons. The number of hydrogen-bond acceptors (Lipinski definition) is 5. The van der Waals surface area contributed by atoms with Crippen molar-refractivity contribution in [2.75, 3.05) is 7.05 Å². The first kappa shape index (κ1) is 17.6. The third-order valence-corrected chi connectivity index (χ3v) is 5.30. The summed E-state index contributed by atoms with van der Waals surface area (Å²) in [5, 5.41) is 4.94. The van der Waals surface area contributed by atoms with Crippen molar-refractivity contribution >= 4 is 16.8 Å². The number of aromatic nitrogens is 3. The standard InChI is InChI=1S/C21H24N4O2/c1-4-14-8-9-18-16(11-14)17(10-13(2)22-18)21(26)25(3)12-19-23-20(27-24-19)15-6-5-7-15/h8-11,15H,4-7,12H2,1-3H3. The van der Waals surface area contributed by atoms with E-state index in [1.54, 1.807) is 11.9 Å². The topological polar surface area (TPSA) is 72.1 Å². The smallest absolute Gasteiger partial charge is 0.254 e. The van der Waals surface area contributed by atoms with Crippen molar-refractivity contribution < 1.29 is 9.32 Å².